The van der Waals surface area contributed by atoms with Crippen molar-refractivity contribution >= 4 is 17.5 Å². The Hall–Kier alpha value is -2.52. The van der Waals surface area contributed by atoms with Crippen LogP contribution in [0.25, 0.3) is 5.53 Å². The first-order valence-electron chi connectivity index (χ1n) is 5.35. The van der Waals surface area contributed by atoms with Gasteiger partial charge in [-0.1, -0.05) is 30.3 Å². The minimum atomic E-state index is -0.780. The van der Waals surface area contributed by atoms with Crippen LogP contribution >= 0.6 is 0 Å². The number of nitrogens with zero attached hydrogens (tertiary/aromatic N) is 2. The van der Waals surface area contributed by atoms with Crippen LogP contribution in [0.15, 0.2) is 42.5 Å². The van der Waals surface area contributed by atoms with E-state index >= 15 is 0 Å². The number of hydrogen-bond acceptors (Lipinski definition) is 3. The molecule has 92 valence electrons. The van der Waals surface area contributed by atoms with Crippen molar-refractivity contribution in [2.24, 2.45) is 0 Å². The fourth-order valence-corrected chi connectivity index (χ4v) is 1.20. The van der Waals surface area contributed by atoms with Gasteiger partial charge in [0.1, 0.15) is 0 Å². The average molecular weight is 244 g/mol. The Bertz CT molecular complexity index is 514. The minimum absolute atomic E-state index is 0.165. The van der Waals surface area contributed by atoms with Gasteiger partial charge in [-0.2, -0.15) is 4.79 Å². The van der Waals surface area contributed by atoms with Crippen LogP contribution in [-0.2, 0) is 9.53 Å². The highest BCUT2D eigenvalue weighted by Crippen LogP contribution is 2.00. The number of allylic oxidation sites excluding steroid dienone is 1. The summed E-state index contributed by atoms with van der Waals surface area (Å²) in [7, 11) is 0. The summed E-state index contributed by atoms with van der Waals surface area (Å²) in [6, 6.07) is 8.54. The first kappa shape index (κ1) is 13.5. The lowest BCUT2D eigenvalue weighted by molar-refractivity contribution is -0.139. The summed E-state index contributed by atoms with van der Waals surface area (Å²) in [5, 5.41) is 0. The summed E-state index contributed by atoms with van der Waals surface area (Å²) in [6.45, 7) is 1.80. The van der Waals surface area contributed by atoms with E-state index in [1.54, 1.807) is 37.3 Å². The van der Waals surface area contributed by atoms with Crippen LogP contribution in [0.1, 0.15) is 17.3 Å². The van der Waals surface area contributed by atoms with Gasteiger partial charge in [-0.3, -0.25) is 4.79 Å². The molecule has 0 saturated carbocycles. The fourth-order valence-electron chi connectivity index (χ4n) is 1.20. The van der Waals surface area contributed by atoms with E-state index in [1.165, 1.54) is 0 Å². The highest BCUT2D eigenvalue weighted by Gasteiger charge is 2.18. The molecule has 0 aromatic heterocycles. The van der Waals surface area contributed by atoms with Crippen molar-refractivity contribution in [3.8, 4) is 0 Å². The van der Waals surface area contributed by atoms with Gasteiger partial charge >= 0.3 is 11.7 Å². The van der Waals surface area contributed by atoms with E-state index in [1.807, 2.05) is 0 Å². The number of carbonyl (C=O) groups excluding carboxylic acids is 2. The van der Waals surface area contributed by atoms with Crippen LogP contribution in [-0.4, -0.2) is 28.9 Å². The lowest BCUT2D eigenvalue weighted by Gasteiger charge is -1.94. The smallest absolute Gasteiger partial charge is 0.421 e. The zero-order valence-corrected chi connectivity index (χ0v) is 9.87. The van der Waals surface area contributed by atoms with Crippen molar-refractivity contribution in [1.82, 2.24) is 0 Å². The Morgan fingerprint density at radius 1 is 1.28 bits per heavy atom. The summed E-state index contributed by atoms with van der Waals surface area (Å²) in [5.41, 5.74) is 8.79. The largest absolute Gasteiger partial charge is 0.457 e. The molecule has 0 unspecified atom stereocenters. The molecule has 0 atom stereocenters. The molecule has 1 aromatic rings. The normalized spacial score (nSPS) is 9.83. The molecule has 5 heteroatoms. The molecular formula is C13H12N2O3. The predicted octanol–water partition coefficient (Wildman–Crippen LogP) is 1.66. The zero-order valence-electron chi connectivity index (χ0n) is 9.87. The molecule has 0 heterocycles. The van der Waals surface area contributed by atoms with E-state index in [0.29, 0.717) is 5.56 Å². The number of rotatable bonds is 5. The summed E-state index contributed by atoms with van der Waals surface area (Å²) < 4.78 is 4.64. The highest BCUT2D eigenvalue weighted by molar-refractivity contribution is 6.39. The number of ether oxygens (including phenoxy) is 1. The Morgan fingerprint density at radius 3 is 2.50 bits per heavy atom. The molecule has 0 saturated heterocycles. The van der Waals surface area contributed by atoms with E-state index < -0.39 is 5.97 Å². The first-order chi connectivity index (χ1) is 8.69. The molecule has 1 aromatic carbocycles. The Labute approximate surface area is 104 Å². The number of ketones is 1. The maximum absolute atomic E-state index is 11.7. The molecule has 0 radical (unpaired) electrons. The second kappa shape index (κ2) is 6.93. The number of esters is 1. The van der Waals surface area contributed by atoms with Crippen molar-refractivity contribution in [2.45, 2.75) is 6.92 Å². The highest BCUT2D eigenvalue weighted by atomic mass is 16.5. The third kappa shape index (κ3) is 3.81. The van der Waals surface area contributed by atoms with Crippen molar-refractivity contribution in [3.05, 3.63) is 53.6 Å². The number of carbonyl (C=O) groups is 2. The van der Waals surface area contributed by atoms with Gasteiger partial charge in [0.25, 0.3) is 0 Å². The van der Waals surface area contributed by atoms with Crippen LogP contribution in [0.2, 0.25) is 0 Å². The zero-order chi connectivity index (χ0) is 13.4. The molecule has 0 N–H and O–H groups in total. The van der Waals surface area contributed by atoms with Crippen LogP contribution in [0.3, 0.4) is 0 Å². The van der Waals surface area contributed by atoms with Gasteiger partial charge in [0.05, 0.1) is 6.61 Å². The van der Waals surface area contributed by atoms with Gasteiger partial charge in [-0.05, 0) is 13.0 Å². The molecule has 0 bridgehead atoms. The lowest BCUT2D eigenvalue weighted by atomic mass is 10.1. The van der Waals surface area contributed by atoms with E-state index in [9.17, 15) is 9.59 Å². The monoisotopic (exact) mass is 244 g/mol. The molecule has 0 aliphatic rings. The third-order valence-corrected chi connectivity index (χ3v) is 2.04. The van der Waals surface area contributed by atoms with E-state index in [-0.39, 0.29) is 18.1 Å². The van der Waals surface area contributed by atoms with Crippen molar-refractivity contribution in [1.29, 1.82) is 0 Å². The second-order valence-corrected chi connectivity index (χ2v) is 3.27. The minimum Gasteiger partial charge on any atom is -0.457 e. The van der Waals surface area contributed by atoms with Crippen molar-refractivity contribution in [3.63, 3.8) is 0 Å². The van der Waals surface area contributed by atoms with Crippen LogP contribution < -0.4 is 0 Å². The molecule has 0 spiro atoms. The third-order valence-electron chi connectivity index (χ3n) is 2.04. The first-order valence-corrected chi connectivity index (χ1v) is 5.35. The maximum atomic E-state index is 11.7. The fraction of sp³-hybridized carbons (Fsp3) is 0.154. The van der Waals surface area contributed by atoms with E-state index in [2.05, 4.69) is 9.53 Å². The maximum Gasteiger partial charge on any atom is 0.421 e. The molecule has 0 fully saturated rings. The predicted molar refractivity (Wildman–Crippen MR) is 65.2 cm³/mol. The summed E-state index contributed by atoms with van der Waals surface area (Å²) in [6.07, 6.45) is 2.27. The van der Waals surface area contributed by atoms with Crippen LogP contribution in [0.5, 0.6) is 0 Å². The van der Waals surface area contributed by atoms with Gasteiger partial charge in [-0.25, -0.2) is 4.79 Å². The average Bonchev–Trinajstić information content (AvgIpc) is 2.40. The molecular weight excluding hydrogens is 232 g/mol. The topological polar surface area (TPSA) is 79.8 Å². The van der Waals surface area contributed by atoms with Gasteiger partial charge in [-0.15, -0.1) is 0 Å². The Morgan fingerprint density at radius 2 is 1.94 bits per heavy atom. The van der Waals surface area contributed by atoms with Crippen molar-refractivity contribution < 1.29 is 19.1 Å². The molecule has 18 heavy (non-hydrogen) atoms. The van der Waals surface area contributed by atoms with Crippen molar-refractivity contribution in [2.75, 3.05) is 6.61 Å². The van der Waals surface area contributed by atoms with Gasteiger partial charge < -0.3 is 10.3 Å². The summed E-state index contributed by atoms with van der Waals surface area (Å²) in [4.78, 5) is 25.7. The second-order valence-electron chi connectivity index (χ2n) is 3.27. The van der Waals surface area contributed by atoms with Gasteiger partial charge in [0.2, 0.25) is 0 Å². The Balaban J connectivity index is 2.78. The van der Waals surface area contributed by atoms with Crippen LogP contribution in [0, 0.1) is 0 Å². The number of benzene rings is 1. The molecule has 0 amide bonds. The van der Waals surface area contributed by atoms with Gasteiger partial charge in [0.15, 0.2) is 5.78 Å². The summed E-state index contributed by atoms with van der Waals surface area (Å²) >= 11 is 0. The molecule has 0 aliphatic heterocycles. The quantitative estimate of drug-likeness (QED) is 0.197. The summed E-state index contributed by atoms with van der Waals surface area (Å²) in [5.74, 6) is -1.07. The van der Waals surface area contributed by atoms with Gasteiger partial charge in [0, 0.05) is 11.6 Å². The molecule has 0 aliphatic carbocycles. The Kier molecular flexibility index (Phi) is 5.22. The van der Waals surface area contributed by atoms with E-state index in [0.717, 1.165) is 12.2 Å². The number of hydrogen-bond donors (Lipinski definition) is 0. The standard InChI is InChI=1S/C13H12N2O3/c1-2-18-13(17)11(15-14)8-9-12(16)10-6-4-3-5-7-10/h3-9H,2H2,1H3/b9-8+. The molecule has 1 rings (SSSR count). The van der Waals surface area contributed by atoms with Crippen LogP contribution in [0.4, 0.5) is 0 Å². The lowest BCUT2D eigenvalue weighted by Crippen LogP contribution is -2.16. The molecule has 5 nitrogen and oxygen atoms in total. The SMILES string of the molecule is CCOC(=O)C(/C=C/C(=O)c1ccccc1)=[N+]=[N-]. The van der Waals surface area contributed by atoms with E-state index in [4.69, 9.17) is 5.53 Å².